The van der Waals surface area contributed by atoms with Crippen LogP contribution >= 0.6 is 0 Å². The van der Waals surface area contributed by atoms with Gasteiger partial charge in [-0.2, -0.15) is 8.42 Å². The van der Waals surface area contributed by atoms with E-state index in [9.17, 15) is 12.8 Å². The molecule has 0 heterocycles. The monoisotopic (exact) mass is 230 g/mol. The van der Waals surface area contributed by atoms with Gasteiger partial charge in [0.15, 0.2) is 0 Å². The van der Waals surface area contributed by atoms with E-state index in [1.54, 1.807) is 14.1 Å². The summed E-state index contributed by atoms with van der Waals surface area (Å²) in [6.45, 7) is 0. The minimum atomic E-state index is -3.93. The van der Waals surface area contributed by atoms with Gasteiger partial charge in [0.1, 0.15) is 17.1 Å². The van der Waals surface area contributed by atoms with Crippen LogP contribution in [0.5, 0.6) is 0 Å². The molecule has 82 valence electrons. The summed E-state index contributed by atoms with van der Waals surface area (Å²) in [4.78, 5) is 1.04. The van der Waals surface area contributed by atoms with Crippen LogP contribution in [-0.2, 0) is 10.0 Å². The SMILES string of the molecule is CN(C)C=NS(=O)(=O)c1ccccc1F. The molecule has 0 aliphatic heterocycles. The lowest BCUT2D eigenvalue weighted by Gasteiger charge is -2.03. The maximum absolute atomic E-state index is 13.1. The van der Waals surface area contributed by atoms with E-state index >= 15 is 0 Å². The molecular weight excluding hydrogens is 219 g/mol. The normalized spacial score (nSPS) is 11.9. The van der Waals surface area contributed by atoms with Crippen molar-refractivity contribution < 1.29 is 12.8 Å². The molecule has 0 aromatic heterocycles. The van der Waals surface area contributed by atoms with Crippen molar-refractivity contribution in [2.24, 2.45) is 4.40 Å². The number of halogens is 1. The fourth-order valence-electron chi connectivity index (χ4n) is 0.867. The van der Waals surface area contributed by atoms with Crippen LogP contribution in [-0.4, -0.2) is 33.8 Å². The Bertz CT molecular complexity index is 469. The second kappa shape index (κ2) is 4.39. The highest BCUT2D eigenvalue weighted by molar-refractivity contribution is 7.90. The third kappa shape index (κ3) is 3.02. The van der Waals surface area contributed by atoms with Crippen molar-refractivity contribution in [2.45, 2.75) is 4.90 Å². The highest BCUT2D eigenvalue weighted by Gasteiger charge is 2.16. The summed E-state index contributed by atoms with van der Waals surface area (Å²) in [6.07, 6.45) is 1.11. The van der Waals surface area contributed by atoms with Gasteiger partial charge in [0, 0.05) is 14.1 Å². The average molecular weight is 230 g/mol. The third-order valence-corrected chi connectivity index (χ3v) is 2.79. The smallest absolute Gasteiger partial charge is 0.286 e. The number of rotatable bonds is 3. The zero-order valence-electron chi connectivity index (χ0n) is 8.38. The summed E-state index contributed by atoms with van der Waals surface area (Å²) in [5.41, 5.74) is 0. The minimum Gasteiger partial charge on any atom is -0.368 e. The Balaban J connectivity index is 3.13. The minimum absolute atomic E-state index is 0.414. The van der Waals surface area contributed by atoms with Crippen LogP contribution < -0.4 is 0 Å². The zero-order valence-corrected chi connectivity index (χ0v) is 9.20. The lowest BCUT2D eigenvalue weighted by molar-refractivity contribution is 0.567. The van der Waals surface area contributed by atoms with Gasteiger partial charge in [-0.15, -0.1) is 4.40 Å². The van der Waals surface area contributed by atoms with Crippen LogP contribution in [0.1, 0.15) is 0 Å². The molecular formula is C9H11FN2O2S. The lowest BCUT2D eigenvalue weighted by atomic mass is 10.4. The molecule has 0 saturated carbocycles. The molecule has 0 aliphatic rings. The van der Waals surface area contributed by atoms with Gasteiger partial charge in [0.05, 0.1) is 0 Å². The molecule has 0 saturated heterocycles. The van der Waals surface area contributed by atoms with E-state index in [1.807, 2.05) is 0 Å². The Hall–Kier alpha value is -1.43. The second-order valence-corrected chi connectivity index (χ2v) is 4.69. The number of sulfonamides is 1. The van der Waals surface area contributed by atoms with Crippen LogP contribution in [0.15, 0.2) is 33.6 Å². The van der Waals surface area contributed by atoms with Gasteiger partial charge in [-0.25, -0.2) is 4.39 Å². The van der Waals surface area contributed by atoms with E-state index < -0.39 is 20.7 Å². The van der Waals surface area contributed by atoms with Crippen molar-refractivity contribution in [1.82, 2.24) is 4.90 Å². The van der Waals surface area contributed by atoms with Crippen LogP contribution in [0.3, 0.4) is 0 Å². The van der Waals surface area contributed by atoms with E-state index in [2.05, 4.69) is 4.40 Å². The molecule has 1 aromatic rings. The zero-order chi connectivity index (χ0) is 11.5. The van der Waals surface area contributed by atoms with E-state index in [0.717, 1.165) is 12.4 Å². The summed E-state index contributed by atoms with van der Waals surface area (Å²) >= 11 is 0. The number of nitrogens with zero attached hydrogens (tertiary/aromatic N) is 2. The summed E-state index contributed by atoms with van der Waals surface area (Å²) in [7, 11) is -0.683. The predicted molar refractivity (Wildman–Crippen MR) is 55.8 cm³/mol. The summed E-state index contributed by atoms with van der Waals surface area (Å²) in [6, 6.07) is 5.13. The average Bonchev–Trinajstić information content (AvgIpc) is 2.15. The maximum atomic E-state index is 13.1. The summed E-state index contributed by atoms with van der Waals surface area (Å²) in [5.74, 6) is -0.798. The van der Waals surface area contributed by atoms with Gasteiger partial charge in [-0.3, -0.25) is 0 Å². The topological polar surface area (TPSA) is 49.7 Å². The molecule has 15 heavy (non-hydrogen) atoms. The van der Waals surface area contributed by atoms with Gasteiger partial charge in [0.25, 0.3) is 10.0 Å². The highest BCUT2D eigenvalue weighted by atomic mass is 32.2. The molecule has 1 aromatic carbocycles. The van der Waals surface area contributed by atoms with Crippen molar-refractivity contribution in [2.75, 3.05) is 14.1 Å². The van der Waals surface area contributed by atoms with Crippen LogP contribution in [0, 0.1) is 5.82 Å². The highest BCUT2D eigenvalue weighted by Crippen LogP contribution is 2.15. The number of hydrogen-bond donors (Lipinski definition) is 0. The predicted octanol–water partition coefficient (Wildman–Crippen LogP) is 1.10. The first kappa shape index (κ1) is 11.6. The van der Waals surface area contributed by atoms with Crippen molar-refractivity contribution >= 4 is 16.4 Å². The van der Waals surface area contributed by atoms with E-state index in [-0.39, 0.29) is 0 Å². The molecule has 4 nitrogen and oxygen atoms in total. The van der Waals surface area contributed by atoms with Crippen molar-refractivity contribution in [3.63, 3.8) is 0 Å². The molecule has 6 heteroatoms. The quantitative estimate of drug-likeness (QED) is 0.577. The molecule has 0 aliphatic carbocycles. The molecule has 1 rings (SSSR count). The van der Waals surface area contributed by atoms with Crippen LogP contribution in [0.4, 0.5) is 4.39 Å². The number of hydrogen-bond acceptors (Lipinski definition) is 2. The summed E-state index contributed by atoms with van der Waals surface area (Å²) in [5, 5.41) is 0. The second-order valence-electron chi connectivity index (χ2n) is 3.09. The van der Waals surface area contributed by atoms with Gasteiger partial charge in [-0.05, 0) is 12.1 Å². The van der Waals surface area contributed by atoms with Crippen LogP contribution in [0.25, 0.3) is 0 Å². The van der Waals surface area contributed by atoms with E-state index in [4.69, 9.17) is 0 Å². The van der Waals surface area contributed by atoms with Gasteiger partial charge in [0.2, 0.25) is 0 Å². The molecule has 0 bridgehead atoms. The lowest BCUT2D eigenvalue weighted by Crippen LogP contribution is -2.10. The Morgan fingerprint density at radius 1 is 1.33 bits per heavy atom. The van der Waals surface area contributed by atoms with Crippen LogP contribution in [0.2, 0.25) is 0 Å². The number of benzene rings is 1. The Kier molecular flexibility index (Phi) is 3.41. The molecule has 0 N–H and O–H groups in total. The molecule has 0 atom stereocenters. The molecule has 0 radical (unpaired) electrons. The van der Waals surface area contributed by atoms with Gasteiger partial charge >= 0.3 is 0 Å². The first-order valence-corrected chi connectivity index (χ1v) is 5.59. The Morgan fingerprint density at radius 2 is 1.93 bits per heavy atom. The van der Waals surface area contributed by atoms with Gasteiger partial charge in [-0.1, -0.05) is 12.1 Å². The Labute approximate surface area is 88.1 Å². The maximum Gasteiger partial charge on any atom is 0.286 e. The van der Waals surface area contributed by atoms with Gasteiger partial charge < -0.3 is 4.90 Å². The first-order chi connectivity index (χ1) is 6.93. The molecule has 0 fully saturated rings. The molecule has 0 spiro atoms. The summed E-state index contributed by atoms with van der Waals surface area (Å²) < 4.78 is 39.4. The molecule has 0 unspecified atom stereocenters. The van der Waals surface area contributed by atoms with Crippen molar-refractivity contribution in [1.29, 1.82) is 0 Å². The first-order valence-electron chi connectivity index (χ1n) is 4.15. The Morgan fingerprint density at radius 3 is 2.47 bits per heavy atom. The van der Waals surface area contributed by atoms with Crippen molar-refractivity contribution in [3.05, 3.63) is 30.1 Å². The van der Waals surface area contributed by atoms with E-state index in [0.29, 0.717) is 0 Å². The van der Waals surface area contributed by atoms with E-state index in [1.165, 1.54) is 23.1 Å². The fraction of sp³-hybridized carbons (Fsp3) is 0.222. The fourth-order valence-corrected chi connectivity index (χ4v) is 1.86. The van der Waals surface area contributed by atoms with Crippen molar-refractivity contribution in [3.8, 4) is 0 Å². The molecule has 0 amide bonds. The standard InChI is InChI=1S/C9H11FN2O2S/c1-12(2)7-11-15(13,14)9-6-4-3-5-8(9)10/h3-7H,1-2H3. The third-order valence-electron chi connectivity index (χ3n) is 1.53. The largest absolute Gasteiger partial charge is 0.368 e.